The maximum atomic E-state index is 12.8. The van der Waals surface area contributed by atoms with Gasteiger partial charge in [-0.05, 0) is 43.4 Å². The number of nitrogens with zero attached hydrogens (tertiary/aromatic N) is 1. The molecule has 8 nitrogen and oxygen atoms in total. The van der Waals surface area contributed by atoms with E-state index in [1.54, 1.807) is 4.90 Å². The smallest absolute Gasteiger partial charge is 0.469 e. The highest BCUT2D eigenvalue weighted by Gasteiger charge is 2.17. The Morgan fingerprint density at radius 2 is 1.56 bits per heavy atom. The highest BCUT2D eigenvalue weighted by molar-refractivity contribution is 7.46. The highest BCUT2D eigenvalue weighted by atomic mass is 31.2. The van der Waals surface area contributed by atoms with Crippen LogP contribution in [0, 0.1) is 0 Å². The van der Waals surface area contributed by atoms with Gasteiger partial charge in [0.25, 0.3) is 0 Å². The number of hydrogen-bond donors (Lipinski definition) is 3. The standard InChI is InChI=1S/C27H48NO7P/c1-2-3-4-5-6-7-10-13-22-34-26-16-14-15-25(24-26)17-18-27(30)28(19-11-8-9-12-21-29)20-23-35-36(31,32)33/h14-16,24,29H,2-13,17-23H2,1H3,(H2,31,32,33). The van der Waals surface area contributed by atoms with Crippen LogP contribution in [0.25, 0.3) is 0 Å². The number of aliphatic hydroxyl groups excluding tert-OH is 1. The minimum absolute atomic E-state index is 0.0725. The third-order valence-electron chi connectivity index (χ3n) is 6.10. The molecule has 0 saturated heterocycles. The molecule has 0 aromatic heterocycles. The number of hydrogen-bond acceptors (Lipinski definition) is 5. The molecule has 0 bridgehead atoms. The SMILES string of the molecule is CCCCCCCCCCOc1cccc(CCC(=O)N(CCCCCCO)CCOP(=O)(O)O)c1. The number of carbonyl (C=O) groups is 1. The van der Waals surface area contributed by atoms with Crippen molar-refractivity contribution in [1.29, 1.82) is 0 Å². The molecule has 208 valence electrons. The number of carbonyl (C=O) groups excluding carboxylic acids is 1. The van der Waals surface area contributed by atoms with E-state index in [1.807, 2.05) is 24.3 Å². The predicted octanol–water partition coefficient (Wildman–Crippen LogP) is 5.63. The topological polar surface area (TPSA) is 117 Å². The van der Waals surface area contributed by atoms with Crippen LogP contribution in [0.5, 0.6) is 5.75 Å². The van der Waals surface area contributed by atoms with E-state index in [0.717, 1.165) is 43.4 Å². The van der Waals surface area contributed by atoms with E-state index in [4.69, 9.17) is 19.6 Å². The van der Waals surface area contributed by atoms with Crippen molar-refractivity contribution in [1.82, 2.24) is 4.90 Å². The maximum Gasteiger partial charge on any atom is 0.469 e. The molecule has 0 heterocycles. The van der Waals surface area contributed by atoms with E-state index in [2.05, 4.69) is 11.4 Å². The van der Waals surface area contributed by atoms with Gasteiger partial charge in [-0.1, -0.05) is 76.8 Å². The first-order valence-corrected chi connectivity index (χ1v) is 15.2. The first-order chi connectivity index (χ1) is 17.4. The first-order valence-electron chi connectivity index (χ1n) is 13.7. The average Bonchev–Trinajstić information content (AvgIpc) is 2.84. The fraction of sp³-hybridized carbons (Fsp3) is 0.741. The number of rotatable bonds is 23. The van der Waals surface area contributed by atoms with Gasteiger partial charge in [0.05, 0.1) is 13.2 Å². The van der Waals surface area contributed by atoms with E-state index in [-0.39, 0.29) is 25.7 Å². The Hall–Kier alpha value is -1.44. The highest BCUT2D eigenvalue weighted by Crippen LogP contribution is 2.35. The van der Waals surface area contributed by atoms with Gasteiger partial charge in [-0.3, -0.25) is 9.32 Å². The molecule has 0 aliphatic carbocycles. The molecule has 1 aromatic carbocycles. The number of aliphatic hydroxyl groups is 1. The largest absolute Gasteiger partial charge is 0.494 e. The Bertz CT molecular complexity index is 741. The molecule has 1 rings (SSSR count). The lowest BCUT2D eigenvalue weighted by Gasteiger charge is -2.23. The van der Waals surface area contributed by atoms with Crippen molar-refractivity contribution in [2.45, 2.75) is 96.8 Å². The van der Waals surface area contributed by atoms with Gasteiger partial charge in [-0.2, -0.15) is 0 Å². The second-order valence-electron chi connectivity index (χ2n) is 9.31. The van der Waals surface area contributed by atoms with Crippen molar-refractivity contribution in [2.24, 2.45) is 0 Å². The molecule has 0 spiro atoms. The predicted molar refractivity (Wildman–Crippen MR) is 143 cm³/mol. The summed E-state index contributed by atoms with van der Waals surface area (Å²) in [5.41, 5.74) is 1.02. The lowest BCUT2D eigenvalue weighted by molar-refractivity contribution is -0.131. The van der Waals surface area contributed by atoms with Crippen LogP contribution in [0.15, 0.2) is 24.3 Å². The molecule has 0 radical (unpaired) electrons. The molecule has 9 heteroatoms. The third-order valence-corrected chi connectivity index (χ3v) is 6.62. The summed E-state index contributed by atoms with van der Waals surface area (Å²) in [5, 5.41) is 8.90. The van der Waals surface area contributed by atoms with Crippen LogP contribution >= 0.6 is 7.82 Å². The van der Waals surface area contributed by atoms with Crippen molar-refractivity contribution >= 4 is 13.7 Å². The Morgan fingerprint density at radius 3 is 2.25 bits per heavy atom. The zero-order chi connectivity index (χ0) is 26.5. The van der Waals surface area contributed by atoms with Gasteiger partial charge in [-0.15, -0.1) is 0 Å². The van der Waals surface area contributed by atoms with Crippen LogP contribution < -0.4 is 4.74 Å². The molecule has 0 fully saturated rings. The van der Waals surface area contributed by atoms with Gasteiger partial charge in [0.1, 0.15) is 5.75 Å². The lowest BCUT2D eigenvalue weighted by Crippen LogP contribution is -2.35. The fourth-order valence-corrected chi connectivity index (χ4v) is 4.34. The molecule has 36 heavy (non-hydrogen) atoms. The van der Waals surface area contributed by atoms with Crippen molar-refractivity contribution in [3.8, 4) is 5.75 Å². The van der Waals surface area contributed by atoms with Crippen LogP contribution in [0.1, 0.15) is 96.0 Å². The van der Waals surface area contributed by atoms with E-state index in [1.165, 1.54) is 44.9 Å². The van der Waals surface area contributed by atoms with Crippen molar-refractivity contribution in [3.05, 3.63) is 29.8 Å². The summed E-state index contributed by atoms with van der Waals surface area (Å²) >= 11 is 0. The minimum Gasteiger partial charge on any atom is -0.494 e. The van der Waals surface area contributed by atoms with E-state index in [9.17, 15) is 9.36 Å². The van der Waals surface area contributed by atoms with Crippen molar-refractivity contribution in [3.63, 3.8) is 0 Å². The van der Waals surface area contributed by atoms with Crippen molar-refractivity contribution in [2.75, 3.05) is 32.9 Å². The van der Waals surface area contributed by atoms with Gasteiger partial charge >= 0.3 is 7.82 Å². The quantitative estimate of drug-likeness (QED) is 0.124. The summed E-state index contributed by atoms with van der Waals surface area (Å²) in [7, 11) is -4.56. The summed E-state index contributed by atoms with van der Waals surface area (Å²) in [5.74, 6) is 0.746. The molecular formula is C27H48NO7P. The van der Waals surface area contributed by atoms with Crippen LogP contribution in [-0.2, 0) is 20.3 Å². The molecule has 0 aliphatic rings. The fourth-order valence-electron chi connectivity index (χ4n) is 4.03. The monoisotopic (exact) mass is 529 g/mol. The maximum absolute atomic E-state index is 12.8. The van der Waals surface area contributed by atoms with E-state index < -0.39 is 7.82 Å². The molecule has 1 amide bonds. The number of phosphoric acid groups is 1. The summed E-state index contributed by atoms with van der Waals surface area (Å²) in [6.45, 7) is 3.50. The number of aryl methyl sites for hydroxylation is 1. The zero-order valence-electron chi connectivity index (χ0n) is 22.1. The number of benzene rings is 1. The summed E-state index contributed by atoms with van der Waals surface area (Å²) < 4.78 is 21.4. The molecule has 1 aromatic rings. The third kappa shape index (κ3) is 17.9. The molecule has 0 unspecified atom stereocenters. The number of phosphoric ester groups is 1. The number of unbranched alkanes of at least 4 members (excludes halogenated alkanes) is 10. The van der Waals surface area contributed by atoms with Gasteiger partial charge in [0.2, 0.25) is 5.91 Å². The Balaban J connectivity index is 2.41. The minimum atomic E-state index is -4.56. The second-order valence-corrected chi connectivity index (χ2v) is 10.6. The summed E-state index contributed by atoms with van der Waals surface area (Å²) in [6.07, 6.45) is 14.2. The molecule has 0 atom stereocenters. The van der Waals surface area contributed by atoms with Gasteiger partial charge < -0.3 is 24.5 Å². The van der Waals surface area contributed by atoms with Crippen molar-refractivity contribution < 1.29 is 33.5 Å². The van der Waals surface area contributed by atoms with Crippen LogP contribution in [0.4, 0.5) is 0 Å². The Labute approximate surface area is 217 Å². The number of amides is 1. The van der Waals surface area contributed by atoms with E-state index in [0.29, 0.717) is 26.0 Å². The summed E-state index contributed by atoms with van der Waals surface area (Å²) in [6, 6.07) is 7.84. The summed E-state index contributed by atoms with van der Waals surface area (Å²) in [4.78, 5) is 32.3. The van der Waals surface area contributed by atoms with Gasteiger partial charge in [0, 0.05) is 26.1 Å². The Morgan fingerprint density at radius 1 is 0.889 bits per heavy atom. The molecule has 3 N–H and O–H groups in total. The van der Waals surface area contributed by atoms with E-state index >= 15 is 0 Å². The average molecular weight is 530 g/mol. The van der Waals surface area contributed by atoms with Gasteiger partial charge in [0.15, 0.2) is 0 Å². The normalized spacial score (nSPS) is 11.6. The van der Waals surface area contributed by atoms with Crippen LogP contribution in [0.3, 0.4) is 0 Å². The molecule has 0 saturated carbocycles. The van der Waals surface area contributed by atoms with Gasteiger partial charge in [-0.25, -0.2) is 4.57 Å². The van der Waals surface area contributed by atoms with Crippen LogP contribution in [-0.4, -0.2) is 58.6 Å². The molecule has 0 aliphatic heterocycles. The number of ether oxygens (including phenoxy) is 1. The zero-order valence-corrected chi connectivity index (χ0v) is 23.0. The Kier molecular flexibility index (Phi) is 18.6. The second kappa shape index (κ2) is 20.6. The van der Waals surface area contributed by atoms with Crippen LogP contribution in [0.2, 0.25) is 0 Å². The molecular weight excluding hydrogens is 481 g/mol. The lowest BCUT2D eigenvalue weighted by atomic mass is 10.1. The first kappa shape index (κ1) is 32.6.